The summed E-state index contributed by atoms with van der Waals surface area (Å²) >= 11 is 0. The van der Waals surface area contributed by atoms with E-state index in [1.54, 1.807) is 0 Å². The fraction of sp³-hybridized carbons (Fsp3) is 0.350. The van der Waals surface area contributed by atoms with E-state index in [4.69, 9.17) is 0 Å². The number of para-hydroxylation sites is 1. The second-order valence-electron chi connectivity index (χ2n) is 6.68. The van der Waals surface area contributed by atoms with Crippen LogP contribution in [0, 0.1) is 5.92 Å². The van der Waals surface area contributed by atoms with Crippen LogP contribution < -0.4 is 4.90 Å². The van der Waals surface area contributed by atoms with Crippen LogP contribution in [0.15, 0.2) is 60.7 Å². The van der Waals surface area contributed by atoms with Crippen molar-refractivity contribution in [2.45, 2.75) is 19.4 Å². The number of piperidine rings is 1. The molecule has 0 spiro atoms. The van der Waals surface area contributed by atoms with Crippen molar-refractivity contribution < 1.29 is 13.2 Å². The monoisotopic (exact) mass is 372 g/mol. The first-order chi connectivity index (χ1) is 12.4. The Morgan fingerprint density at radius 2 is 1.54 bits per heavy atom. The number of hydrogen-bond acceptors (Lipinski definition) is 3. The van der Waals surface area contributed by atoms with Gasteiger partial charge in [-0.05, 0) is 30.5 Å². The molecule has 1 aliphatic heterocycles. The number of anilines is 1. The third-order valence-corrected chi connectivity index (χ3v) is 6.09. The minimum Gasteiger partial charge on any atom is -0.308 e. The highest BCUT2D eigenvalue weighted by Crippen LogP contribution is 2.26. The van der Waals surface area contributed by atoms with Gasteiger partial charge in [0.05, 0.1) is 12.8 Å². The van der Waals surface area contributed by atoms with Gasteiger partial charge < -0.3 is 4.90 Å². The first-order valence-electron chi connectivity index (χ1n) is 8.80. The van der Waals surface area contributed by atoms with E-state index in [1.807, 2.05) is 65.6 Å². The van der Waals surface area contributed by atoms with Gasteiger partial charge in [-0.1, -0.05) is 48.5 Å². The van der Waals surface area contributed by atoms with Gasteiger partial charge in [0, 0.05) is 24.7 Å². The quantitative estimate of drug-likeness (QED) is 0.811. The third-order valence-electron chi connectivity index (χ3n) is 4.79. The molecule has 26 heavy (non-hydrogen) atoms. The molecule has 1 fully saturated rings. The molecular weight excluding hydrogens is 348 g/mol. The van der Waals surface area contributed by atoms with E-state index in [0.717, 1.165) is 11.3 Å². The average Bonchev–Trinajstić information content (AvgIpc) is 2.66. The molecule has 1 saturated heterocycles. The van der Waals surface area contributed by atoms with E-state index in [1.165, 1.54) is 10.6 Å². The Morgan fingerprint density at radius 3 is 2.08 bits per heavy atom. The van der Waals surface area contributed by atoms with Crippen molar-refractivity contribution in [2.75, 3.05) is 24.2 Å². The van der Waals surface area contributed by atoms with Crippen LogP contribution in [0.5, 0.6) is 0 Å². The number of nitrogens with zero attached hydrogens (tertiary/aromatic N) is 2. The maximum atomic E-state index is 13.2. The largest absolute Gasteiger partial charge is 0.308 e. The Kier molecular flexibility index (Phi) is 5.74. The van der Waals surface area contributed by atoms with Gasteiger partial charge >= 0.3 is 0 Å². The number of rotatable bonds is 5. The number of carbonyl (C=O) groups excluding carboxylic acids is 1. The van der Waals surface area contributed by atoms with E-state index in [-0.39, 0.29) is 11.8 Å². The SMILES string of the molecule is CS(=O)(=O)N1CCC(C(=O)N(Cc2ccccc2)c2ccccc2)CC1. The summed E-state index contributed by atoms with van der Waals surface area (Å²) in [5.41, 5.74) is 1.94. The van der Waals surface area contributed by atoms with Crippen LogP contribution in [0.2, 0.25) is 0 Å². The van der Waals surface area contributed by atoms with Crippen molar-refractivity contribution in [3.63, 3.8) is 0 Å². The molecular formula is C20H24N2O3S. The van der Waals surface area contributed by atoms with Gasteiger partial charge in [-0.2, -0.15) is 0 Å². The summed E-state index contributed by atoms with van der Waals surface area (Å²) in [6.07, 6.45) is 2.34. The summed E-state index contributed by atoms with van der Waals surface area (Å²) in [4.78, 5) is 15.0. The number of benzene rings is 2. The van der Waals surface area contributed by atoms with Gasteiger partial charge in [0.2, 0.25) is 15.9 Å². The van der Waals surface area contributed by atoms with Crippen LogP contribution in [-0.4, -0.2) is 38.0 Å². The van der Waals surface area contributed by atoms with E-state index in [0.29, 0.717) is 32.5 Å². The van der Waals surface area contributed by atoms with Crippen molar-refractivity contribution in [3.8, 4) is 0 Å². The zero-order valence-corrected chi connectivity index (χ0v) is 15.7. The Labute approximate surface area is 155 Å². The van der Waals surface area contributed by atoms with E-state index in [9.17, 15) is 13.2 Å². The summed E-state index contributed by atoms with van der Waals surface area (Å²) in [6.45, 7) is 1.32. The van der Waals surface area contributed by atoms with Crippen molar-refractivity contribution in [1.82, 2.24) is 4.31 Å². The van der Waals surface area contributed by atoms with Gasteiger partial charge in [0.25, 0.3) is 0 Å². The smallest absolute Gasteiger partial charge is 0.230 e. The molecule has 0 radical (unpaired) electrons. The molecule has 0 atom stereocenters. The lowest BCUT2D eigenvalue weighted by Crippen LogP contribution is -2.44. The molecule has 2 aromatic rings. The van der Waals surface area contributed by atoms with Crippen molar-refractivity contribution in [1.29, 1.82) is 0 Å². The number of carbonyl (C=O) groups is 1. The summed E-state index contributed by atoms with van der Waals surface area (Å²) < 4.78 is 24.8. The Morgan fingerprint density at radius 1 is 1.00 bits per heavy atom. The molecule has 2 aromatic carbocycles. The van der Waals surface area contributed by atoms with Crippen LogP contribution in [0.1, 0.15) is 18.4 Å². The fourth-order valence-electron chi connectivity index (χ4n) is 3.33. The van der Waals surface area contributed by atoms with Gasteiger partial charge in [-0.25, -0.2) is 12.7 Å². The molecule has 1 aliphatic rings. The molecule has 0 N–H and O–H groups in total. The molecule has 3 rings (SSSR count). The molecule has 0 bridgehead atoms. The van der Waals surface area contributed by atoms with Crippen LogP contribution >= 0.6 is 0 Å². The van der Waals surface area contributed by atoms with Gasteiger partial charge in [-0.3, -0.25) is 4.79 Å². The highest BCUT2D eigenvalue weighted by atomic mass is 32.2. The molecule has 0 aromatic heterocycles. The van der Waals surface area contributed by atoms with Gasteiger partial charge in [-0.15, -0.1) is 0 Å². The van der Waals surface area contributed by atoms with Crippen LogP contribution in [0.3, 0.4) is 0 Å². The fourth-order valence-corrected chi connectivity index (χ4v) is 4.20. The zero-order valence-electron chi connectivity index (χ0n) is 14.9. The average molecular weight is 372 g/mol. The number of sulfonamides is 1. The molecule has 0 saturated carbocycles. The van der Waals surface area contributed by atoms with Crippen LogP contribution in [-0.2, 0) is 21.4 Å². The van der Waals surface area contributed by atoms with Gasteiger partial charge in [0.1, 0.15) is 0 Å². The normalized spacial score (nSPS) is 16.3. The first-order valence-corrected chi connectivity index (χ1v) is 10.7. The highest BCUT2D eigenvalue weighted by Gasteiger charge is 2.32. The zero-order chi connectivity index (χ0) is 18.6. The standard InChI is InChI=1S/C20H24N2O3S/c1-26(24,25)21-14-12-18(13-15-21)20(23)22(19-10-6-3-7-11-19)16-17-8-4-2-5-9-17/h2-11,18H,12-16H2,1H3. The molecule has 6 heteroatoms. The molecule has 1 amide bonds. The van der Waals surface area contributed by atoms with Gasteiger partial charge in [0.15, 0.2) is 0 Å². The van der Waals surface area contributed by atoms with Crippen molar-refractivity contribution in [3.05, 3.63) is 66.2 Å². The minimum absolute atomic E-state index is 0.0632. The lowest BCUT2D eigenvalue weighted by molar-refractivity contribution is -0.123. The number of amides is 1. The first kappa shape index (κ1) is 18.6. The van der Waals surface area contributed by atoms with Crippen molar-refractivity contribution in [2.24, 2.45) is 5.92 Å². The lowest BCUT2D eigenvalue weighted by Gasteiger charge is -2.33. The molecule has 0 aliphatic carbocycles. The maximum Gasteiger partial charge on any atom is 0.230 e. The second-order valence-corrected chi connectivity index (χ2v) is 8.66. The summed E-state index contributed by atoms with van der Waals surface area (Å²) in [6, 6.07) is 19.6. The predicted molar refractivity (Wildman–Crippen MR) is 103 cm³/mol. The van der Waals surface area contributed by atoms with Crippen molar-refractivity contribution >= 4 is 21.6 Å². The van der Waals surface area contributed by atoms with E-state index >= 15 is 0 Å². The molecule has 138 valence electrons. The maximum absolute atomic E-state index is 13.2. The highest BCUT2D eigenvalue weighted by molar-refractivity contribution is 7.88. The Hall–Kier alpha value is -2.18. The minimum atomic E-state index is -3.19. The van der Waals surface area contributed by atoms with E-state index in [2.05, 4.69) is 0 Å². The topological polar surface area (TPSA) is 57.7 Å². The number of hydrogen-bond donors (Lipinski definition) is 0. The molecule has 1 heterocycles. The van der Waals surface area contributed by atoms with E-state index < -0.39 is 10.0 Å². The summed E-state index contributed by atoms with van der Waals surface area (Å²) in [5.74, 6) is -0.0925. The predicted octanol–water partition coefficient (Wildman–Crippen LogP) is 2.89. The third kappa shape index (κ3) is 4.51. The summed E-state index contributed by atoms with van der Waals surface area (Å²) in [5, 5.41) is 0. The molecule has 5 nitrogen and oxygen atoms in total. The van der Waals surface area contributed by atoms with Crippen LogP contribution in [0.4, 0.5) is 5.69 Å². The Balaban J connectivity index is 1.78. The summed E-state index contributed by atoms with van der Waals surface area (Å²) in [7, 11) is -3.19. The Bertz CT molecular complexity index is 830. The molecule has 0 unspecified atom stereocenters. The second kappa shape index (κ2) is 8.01. The lowest BCUT2D eigenvalue weighted by atomic mass is 9.96. The van der Waals surface area contributed by atoms with Crippen LogP contribution in [0.25, 0.3) is 0 Å².